The lowest BCUT2D eigenvalue weighted by Gasteiger charge is -2.19. The molecule has 0 radical (unpaired) electrons. The second-order valence-corrected chi connectivity index (χ2v) is 5.41. The average molecular weight is 390 g/mol. The summed E-state index contributed by atoms with van der Waals surface area (Å²) in [5.41, 5.74) is -1.25. The molecule has 1 aromatic heterocycles. The third-order valence-electron chi connectivity index (χ3n) is 3.39. The topological polar surface area (TPSA) is 54.5 Å². The maximum atomic E-state index is 13.4. The molecule has 0 bridgehead atoms. The van der Waals surface area contributed by atoms with Crippen LogP contribution in [0.25, 0.3) is 0 Å². The lowest BCUT2D eigenvalue weighted by atomic mass is 9.80. The Labute approximate surface area is 125 Å². The lowest BCUT2D eigenvalue weighted by Crippen LogP contribution is -2.24. The van der Waals surface area contributed by atoms with Crippen molar-refractivity contribution in [2.45, 2.75) is 18.4 Å². The molecule has 1 aliphatic heterocycles. The Bertz CT molecular complexity index is 729. The van der Waals surface area contributed by atoms with Crippen molar-refractivity contribution in [2.24, 2.45) is 0 Å². The number of aromatic nitrogens is 3. The van der Waals surface area contributed by atoms with Crippen LogP contribution in [0.5, 0.6) is 0 Å². The number of nitrogens with zero attached hydrogens (tertiary/aromatic N) is 4. The molecule has 1 atom stereocenters. The number of aryl methyl sites for hydroxylation is 1. The molecule has 0 spiro atoms. The fourth-order valence-corrected chi connectivity index (χ4v) is 2.91. The zero-order valence-corrected chi connectivity index (χ0v) is 12.0. The van der Waals surface area contributed by atoms with Gasteiger partial charge in [-0.3, -0.25) is 0 Å². The van der Waals surface area contributed by atoms with E-state index in [1.54, 1.807) is 0 Å². The van der Waals surface area contributed by atoms with E-state index in [-0.39, 0.29) is 5.56 Å². The Morgan fingerprint density at radius 3 is 2.55 bits per heavy atom. The second-order valence-electron chi connectivity index (χ2n) is 4.45. The van der Waals surface area contributed by atoms with Crippen LogP contribution in [0, 0.1) is 32.6 Å². The summed E-state index contributed by atoms with van der Waals surface area (Å²) in [4.78, 5) is 4.15. The van der Waals surface area contributed by atoms with Crippen molar-refractivity contribution in [3.63, 3.8) is 0 Å². The molecule has 0 aliphatic carbocycles. The van der Waals surface area contributed by atoms with E-state index in [0.29, 0.717) is 22.6 Å². The van der Waals surface area contributed by atoms with E-state index in [1.807, 2.05) is 22.6 Å². The van der Waals surface area contributed by atoms with E-state index in [4.69, 9.17) is 0 Å². The molecule has 2 heterocycles. The number of benzene rings is 1. The van der Waals surface area contributed by atoms with Crippen molar-refractivity contribution in [1.82, 2.24) is 14.8 Å². The number of hydrogen-bond acceptors (Lipinski definition) is 3. The highest BCUT2D eigenvalue weighted by Crippen LogP contribution is 2.40. The first-order chi connectivity index (χ1) is 9.48. The summed E-state index contributed by atoms with van der Waals surface area (Å²) in [6, 6.07) is 3.75. The molecule has 4 nitrogen and oxygen atoms in total. The van der Waals surface area contributed by atoms with Crippen molar-refractivity contribution >= 4 is 22.6 Å². The van der Waals surface area contributed by atoms with Crippen LogP contribution in [0.4, 0.5) is 13.2 Å². The first-order valence-electron chi connectivity index (χ1n) is 5.65. The van der Waals surface area contributed by atoms with Crippen molar-refractivity contribution in [1.29, 1.82) is 5.26 Å². The maximum Gasteiger partial charge on any atom is 0.211 e. The van der Waals surface area contributed by atoms with Gasteiger partial charge >= 0.3 is 0 Å². The van der Waals surface area contributed by atoms with Crippen LogP contribution in [0.2, 0.25) is 0 Å². The standard InChI is InChI=1S/C12H6F3IN4/c13-7-3-6(4-8(14)9(7)15)12(5-17)1-2-20-10(12)18-11(16)19-20/h3-4H,1-2H2/t12-/m1/s1. The molecule has 1 aliphatic rings. The Morgan fingerprint density at radius 1 is 1.30 bits per heavy atom. The first-order valence-corrected chi connectivity index (χ1v) is 6.73. The van der Waals surface area contributed by atoms with Gasteiger partial charge in [-0.25, -0.2) is 22.8 Å². The molecule has 8 heteroatoms. The molecule has 0 N–H and O–H groups in total. The zero-order chi connectivity index (χ0) is 14.5. The van der Waals surface area contributed by atoms with Gasteiger partial charge in [-0.1, -0.05) is 0 Å². The molecule has 0 saturated heterocycles. The van der Waals surface area contributed by atoms with Gasteiger partial charge in [0.2, 0.25) is 3.83 Å². The van der Waals surface area contributed by atoms with Crippen LogP contribution >= 0.6 is 22.6 Å². The fraction of sp³-hybridized carbons (Fsp3) is 0.250. The van der Waals surface area contributed by atoms with Gasteiger partial charge in [0.15, 0.2) is 23.3 Å². The van der Waals surface area contributed by atoms with Crippen LogP contribution in [-0.4, -0.2) is 14.8 Å². The molecule has 3 rings (SSSR count). The smallest absolute Gasteiger partial charge is 0.211 e. The Morgan fingerprint density at radius 2 is 1.95 bits per heavy atom. The zero-order valence-electron chi connectivity index (χ0n) is 9.87. The first kappa shape index (κ1) is 13.4. The average Bonchev–Trinajstić information content (AvgIpc) is 2.93. The van der Waals surface area contributed by atoms with Gasteiger partial charge in [-0.05, 0) is 24.1 Å². The van der Waals surface area contributed by atoms with Crippen LogP contribution in [0.15, 0.2) is 12.1 Å². The van der Waals surface area contributed by atoms with Crippen LogP contribution in [0.3, 0.4) is 0 Å². The van der Waals surface area contributed by atoms with Gasteiger partial charge in [0, 0.05) is 29.1 Å². The minimum atomic E-state index is -1.55. The lowest BCUT2D eigenvalue weighted by molar-refractivity contribution is 0.441. The molecule has 2 aromatic rings. The molecule has 0 unspecified atom stereocenters. The van der Waals surface area contributed by atoms with Crippen LogP contribution in [-0.2, 0) is 12.0 Å². The van der Waals surface area contributed by atoms with Crippen molar-refractivity contribution < 1.29 is 13.2 Å². The van der Waals surface area contributed by atoms with E-state index in [2.05, 4.69) is 16.2 Å². The molecule has 0 fully saturated rings. The number of halogens is 4. The van der Waals surface area contributed by atoms with Gasteiger partial charge in [-0.2, -0.15) is 5.26 Å². The van der Waals surface area contributed by atoms with E-state index < -0.39 is 22.9 Å². The van der Waals surface area contributed by atoms with Gasteiger partial charge in [0.25, 0.3) is 0 Å². The van der Waals surface area contributed by atoms with Crippen LogP contribution < -0.4 is 0 Å². The van der Waals surface area contributed by atoms with E-state index >= 15 is 0 Å². The Balaban J connectivity index is 2.24. The molecule has 0 amide bonds. The predicted octanol–water partition coefficient (Wildman–Crippen LogP) is 2.51. The molecule has 20 heavy (non-hydrogen) atoms. The third kappa shape index (κ3) is 1.72. The maximum absolute atomic E-state index is 13.4. The molecular formula is C12H6F3IN4. The largest absolute Gasteiger partial charge is 0.247 e. The van der Waals surface area contributed by atoms with Crippen molar-refractivity contribution in [2.75, 3.05) is 0 Å². The van der Waals surface area contributed by atoms with Crippen LogP contribution in [0.1, 0.15) is 17.8 Å². The van der Waals surface area contributed by atoms with Gasteiger partial charge < -0.3 is 0 Å². The number of fused-ring (bicyclic) bond motifs is 1. The summed E-state index contributed by atoms with van der Waals surface area (Å²) in [5.74, 6) is -3.85. The highest BCUT2D eigenvalue weighted by molar-refractivity contribution is 14.1. The fourth-order valence-electron chi connectivity index (χ4n) is 2.42. The normalized spacial score (nSPS) is 20.8. The van der Waals surface area contributed by atoms with E-state index in [0.717, 1.165) is 12.1 Å². The van der Waals surface area contributed by atoms with Crippen molar-refractivity contribution in [3.8, 4) is 6.07 Å². The Kier molecular flexibility index (Phi) is 2.97. The predicted molar refractivity (Wildman–Crippen MR) is 70.1 cm³/mol. The van der Waals surface area contributed by atoms with E-state index in [9.17, 15) is 18.4 Å². The highest BCUT2D eigenvalue weighted by Gasteiger charge is 2.45. The summed E-state index contributed by atoms with van der Waals surface area (Å²) in [5, 5.41) is 13.6. The monoisotopic (exact) mass is 390 g/mol. The molecule has 0 saturated carbocycles. The molecule has 102 valence electrons. The number of rotatable bonds is 1. The SMILES string of the molecule is N#C[C@@]1(c2cc(F)c(F)c(F)c2)CCn2nc(I)nc21. The Hall–Kier alpha value is -1.63. The third-order valence-corrected chi connectivity index (χ3v) is 3.85. The summed E-state index contributed by atoms with van der Waals surface area (Å²) >= 11 is 1.89. The summed E-state index contributed by atoms with van der Waals surface area (Å²) in [6.45, 7) is 0.416. The number of hydrogen-bond donors (Lipinski definition) is 0. The second kappa shape index (κ2) is 4.44. The summed E-state index contributed by atoms with van der Waals surface area (Å²) in [6.07, 6.45) is 0.292. The van der Waals surface area contributed by atoms with Gasteiger partial charge in [0.05, 0.1) is 6.07 Å². The van der Waals surface area contributed by atoms with E-state index in [1.165, 1.54) is 4.68 Å². The molecule has 1 aromatic carbocycles. The van der Waals surface area contributed by atoms with Gasteiger partial charge in [-0.15, -0.1) is 5.10 Å². The van der Waals surface area contributed by atoms with Gasteiger partial charge in [0.1, 0.15) is 5.41 Å². The summed E-state index contributed by atoms with van der Waals surface area (Å²) < 4.78 is 41.9. The minimum Gasteiger partial charge on any atom is -0.247 e. The summed E-state index contributed by atoms with van der Waals surface area (Å²) in [7, 11) is 0. The number of nitriles is 1. The minimum absolute atomic E-state index is 0.0546. The van der Waals surface area contributed by atoms with Crippen molar-refractivity contribution in [3.05, 3.63) is 44.8 Å². The highest BCUT2D eigenvalue weighted by atomic mass is 127. The molecular weight excluding hydrogens is 384 g/mol. The quantitative estimate of drug-likeness (QED) is 0.556.